The SMILES string of the molecule is Cn1cc(CCNC(=O)N2CCCC2CC(O)c2ccccc2)cn1. The molecule has 0 radical (unpaired) electrons. The third-order valence-electron chi connectivity index (χ3n) is 4.77. The highest BCUT2D eigenvalue weighted by molar-refractivity contribution is 5.74. The van der Waals surface area contributed by atoms with Gasteiger partial charge < -0.3 is 15.3 Å². The van der Waals surface area contributed by atoms with Crippen LogP contribution >= 0.6 is 0 Å². The lowest BCUT2D eigenvalue weighted by Gasteiger charge is -2.27. The molecule has 0 saturated carbocycles. The summed E-state index contributed by atoms with van der Waals surface area (Å²) in [6.45, 7) is 1.35. The zero-order valence-electron chi connectivity index (χ0n) is 14.6. The Hall–Kier alpha value is -2.34. The second-order valence-electron chi connectivity index (χ2n) is 6.66. The number of aryl methyl sites for hydroxylation is 1. The number of aliphatic hydroxyl groups excluding tert-OH is 1. The number of benzene rings is 1. The van der Waals surface area contributed by atoms with Gasteiger partial charge in [0.2, 0.25) is 0 Å². The van der Waals surface area contributed by atoms with E-state index in [1.54, 1.807) is 4.68 Å². The number of rotatable bonds is 6. The number of carbonyl (C=O) groups is 1. The summed E-state index contributed by atoms with van der Waals surface area (Å²) >= 11 is 0. The first kappa shape index (κ1) is 17.5. The summed E-state index contributed by atoms with van der Waals surface area (Å²) in [6.07, 6.45) is 6.53. The van der Waals surface area contributed by atoms with E-state index in [4.69, 9.17) is 0 Å². The van der Waals surface area contributed by atoms with Crippen molar-refractivity contribution < 1.29 is 9.90 Å². The molecular formula is C19H26N4O2. The normalized spacial score (nSPS) is 18.3. The Morgan fingerprint density at radius 1 is 1.40 bits per heavy atom. The van der Waals surface area contributed by atoms with Crippen LogP contribution in [0.5, 0.6) is 0 Å². The van der Waals surface area contributed by atoms with Gasteiger partial charge in [-0.15, -0.1) is 0 Å². The first-order chi connectivity index (χ1) is 12.1. The average Bonchev–Trinajstić information content (AvgIpc) is 3.24. The number of hydrogen-bond acceptors (Lipinski definition) is 3. The molecular weight excluding hydrogens is 316 g/mol. The minimum Gasteiger partial charge on any atom is -0.388 e. The van der Waals surface area contributed by atoms with E-state index in [0.717, 1.165) is 36.9 Å². The molecule has 0 bridgehead atoms. The van der Waals surface area contributed by atoms with Crippen molar-refractivity contribution in [2.75, 3.05) is 13.1 Å². The summed E-state index contributed by atoms with van der Waals surface area (Å²) in [5.41, 5.74) is 2.02. The van der Waals surface area contributed by atoms with Crippen LogP contribution < -0.4 is 5.32 Å². The minimum atomic E-state index is -0.532. The summed E-state index contributed by atoms with van der Waals surface area (Å²) in [5.74, 6) is 0. The van der Waals surface area contributed by atoms with E-state index < -0.39 is 6.10 Å². The lowest BCUT2D eigenvalue weighted by atomic mass is 10.0. The molecule has 3 rings (SSSR count). The van der Waals surface area contributed by atoms with Crippen LogP contribution in [0.25, 0.3) is 0 Å². The number of aliphatic hydroxyl groups is 1. The number of urea groups is 1. The Morgan fingerprint density at radius 3 is 2.92 bits per heavy atom. The van der Waals surface area contributed by atoms with Crippen molar-refractivity contribution in [1.82, 2.24) is 20.0 Å². The predicted octanol–water partition coefficient (Wildman–Crippen LogP) is 2.26. The maximum absolute atomic E-state index is 12.5. The molecule has 2 atom stereocenters. The second-order valence-corrected chi connectivity index (χ2v) is 6.66. The summed E-state index contributed by atoms with van der Waals surface area (Å²) in [6, 6.07) is 9.70. The molecule has 2 N–H and O–H groups in total. The molecule has 0 spiro atoms. The number of carbonyl (C=O) groups excluding carboxylic acids is 1. The molecule has 2 heterocycles. The number of amides is 2. The Labute approximate surface area is 148 Å². The van der Waals surface area contributed by atoms with Crippen LogP contribution in [-0.4, -0.2) is 44.9 Å². The Kier molecular flexibility index (Phi) is 5.71. The fourth-order valence-corrected chi connectivity index (χ4v) is 3.43. The van der Waals surface area contributed by atoms with Crippen molar-refractivity contribution in [3.8, 4) is 0 Å². The van der Waals surface area contributed by atoms with Gasteiger partial charge >= 0.3 is 6.03 Å². The fraction of sp³-hybridized carbons (Fsp3) is 0.474. The molecule has 1 aliphatic rings. The maximum Gasteiger partial charge on any atom is 0.317 e. The number of nitrogens with zero attached hydrogens (tertiary/aromatic N) is 3. The monoisotopic (exact) mass is 342 g/mol. The highest BCUT2D eigenvalue weighted by Gasteiger charge is 2.30. The molecule has 0 aliphatic carbocycles. The maximum atomic E-state index is 12.5. The van der Waals surface area contributed by atoms with Gasteiger partial charge in [0.05, 0.1) is 12.3 Å². The van der Waals surface area contributed by atoms with E-state index in [0.29, 0.717) is 13.0 Å². The van der Waals surface area contributed by atoms with Gasteiger partial charge in [-0.25, -0.2) is 4.79 Å². The van der Waals surface area contributed by atoms with Gasteiger partial charge in [0.15, 0.2) is 0 Å². The molecule has 2 aromatic rings. The van der Waals surface area contributed by atoms with Crippen LogP contribution in [0, 0.1) is 0 Å². The van der Waals surface area contributed by atoms with E-state index in [1.807, 2.05) is 54.7 Å². The largest absolute Gasteiger partial charge is 0.388 e. The highest BCUT2D eigenvalue weighted by Crippen LogP contribution is 2.27. The Morgan fingerprint density at radius 2 is 2.20 bits per heavy atom. The fourth-order valence-electron chi connectivity index (χ4n) is 3.43. The first-order valence-electron chi connectivity index (χ1n) is 8.88. The molecule has 2 amide bonds. The predicted molar refractivity (Wildman–Crippen MR) is 96.1 cm³/mol. The van der Waals surface area contributed by atoms with Crippen LogP contribution in [0.2, 0.25) is 0 Å². The van der Waals surface area contributed by atoms with Crippen LogP contribution in [-0.2, 0) is 13.5 Å². The number of hydrogen-bond donors (Lipinski definition) is 2. The quantitative estimate of drug-likeness (QED) is 0.846. The smallest absolute Gasteiger partial charge is 0.317 e. The van der Waals surface area contributed by atoms with Crippen molar-refractivity contribution in [1.29, 1.82) is 0 Å². The zero-order chi connectivity index (χ0) is 17.6. The van der Waals surface area contributed by atoms with E-state index in [1.165, 1.54) is 0 Å². The van der Waals surface area contributed by atoms with Crippen LogP contribution in [0.4, 0.5) is 4.79 Å². The van der Waals surface area contributed by atoms with Crippen molar-refractivity contribution in [3.05, 3.63) is 53.9 Å². The molecule has 1 saturated heterocycles. The highest BCUT2D eigenvalue weighted by atomic mass is 16.3. The van der Waals surface area contributed by atoms with Crippen molar-refractivity contribution >= 4 is 6.03 Å². The summed E-state index contributed by atoms with van der Waals surface area (Å²) in [5, 5.41) is 17.6. The van der Waals surface area contributed by atoms with Crippen molar-refractivity contribution in [2.45, 2.75) is 37.8 Å². The van der Waals surface area contributed by atoms with Gasteiger partial charge in [-0.05, 0) is 36.8 Å². The molecule has 134 valence electrons. The van der Waals surface area contributed by atoms with Crippen LogP contribution in [0.3, 0.4) is 0 Å². The standard InChI is InChI=1S/C19H26N4O2/c1-22-14-15(13-21-22)9-10-20-19(25)23-11-5-8-17(23)12-18(24)16-6-3-2-4-7-16/h2-4,6-7,13-14,17-18,24H,5,8-12H2,1H3,(H,20,25). The minimum absolute atomic E-state index is 0.0355. The van der Waals surface area contributed by atoms with Crippen molar-refractivity contribution in [3.63, 3.8) is 0 Å². The average molecular weight is 342 g/mol. The van der Waals surface area contributed by atoms with E-state index in [-0.39, 0.29) is 12.1 Å². The van der Waals surface area contributed by atoms with Crippen LogP contribution in [0.15, 0.2) is 42.7 Å². The van der Waals surface area contributed by atoms with Crippen molar-refractivity contribution in [2.24, 2.45) is 7.05 Å². The van der Waals surface area contributed by atoms with Crippen LogP contribution in [0.1, 0.15) is 36.5 Å². The topological polar surface area (TPSA) is 70.4 Å². The van der Waals surface area contributed by atoms with Gasteiger partial charge in [0.25, 0.3) is 0 Å². The third-order valence-corrected chi connectivity index (χ3v) is 4.77. The lowest BCUT2D eigenvalue weighted by Crippen LogP contribution is -2.43. The van der Waals surface area contributed by atoms with E-state index in [9.17, 15) is 9.90 Å². The summed E-state index contributed by atoms with van der Waals surface area (Å²) in [7, 11) is 1.88. The Balaban J connectivity index is 1.49. The number of aromatic nitrogens is 2. The molecule has 6 nitrogen and oxygen atoms in total. The first-order valence-corrected chi connectivity index (χ1v) is 8.88. The van der Waals surface area contributed by atoms with Gasteiger partial charge in [0.1, 0.15) is 0 Å². The summed E-state index contributed by atoms with van der Waals surface area (Å²) in [4.78, 5) is 14.4. The second kappa shape index (κ2) is 8.16. The summed E-state index contributed by atoms with van der Waals surface area (Å²) < 4.78 is 1.76. The zero-order valence-corrected chi connectivity index (χ0v) is 14.6. The third kappa shape index (κ3) is 4.60. The van der Waals surface area contributed by atoms with E-state index >= 15 is 0 Å². The Bertz CT molecular complexity index is 686. The van der Waals surface area contributed by atoms with Gasteiger partial charge in [-0.1, -0.05) is 30.3 Å². The number of nitrogens with one attached hydrogen (secondary N) is 1. The molecule has 1 aromatic carbocycles. The molecule has 1 aliphatic heterocycles. The molecule has 2 unspecified atom stereocenters. The number of likely N-dealkylation sites (tertiary alicyclic amines) is 1. The van der Waals surface area contributed by atoms with Gasteiger partial charge in [-0.2, -0.15) is 5.10 Å². The van der Waals surface area contributed by atoms with Gasteiger partial charge in [0, 0.05) is 32.4 Å². The molecule has 1 fully saturated rings. The lowest BCUT2D eigenvalue weighted by molar-refractivity contribution is 0.126. The molecule has 25 heavy (non-hydrogen) atoms. The molecule has 1 aromatic heterocycles. The van der Waals surface area contributed by atoms with Gasteiger partial charge in [-0.3, -0.25) is 4.68 Å². The molecule has 6 heteroatoms. The van der Waals surface area contributed by atoms with E-state index in [2.05, 4.69) is 10.4 Å².